The van der Waals surface area contributed by atoms with E-state index in [1.807, 2.05) is 25.1 Å². The van der Waals surface area contributed by atoms with Crippen LogP contribution in [0.3, 0.4) is 0 Å². The van der Waals surface area contributed by atoms with E-state index in [-0.39, 0.29) is 12.2 Å². The average Bonchev–Trinajstić information content (AvgIpc) is 2.97. The number of oxazole rings is 1. The van der Waals surface area contributed by atoms with Crippen LogP contribution in [-0.2, 0) is 0 Å². The van der Waals surface area contributed by atoms with Gasteiger partial charge < -0.3 is 13.9 Å². The van der Waals surface area contributed by atoms with Crippen LogP contribution in [0.5, 0.6) is 11.5 Å². The third-order valence-electron chi connectivity index (χ3n) is 2.52. The smallest absolute Gasteiger partial charge is 0.231 e. The normalized spacial score (nSPS) is 14.9. The molecule has 4 nitrogen and oxygen atoms in total. The van der Waals surface area contributed by atoms with Gasteiger partial charge in [-0.05, 0) is 25.1 Å². The van der Waals surface area contributed by atoms with E-state index in [1.54, 1.807) is 6.20 Å². The fourth-order valence-corrected chi connectivity index (χ4v) is 1.76. The van der Waals surface area contributed by atoms with E-state index in [2.05, 4.69) is 4.98 Å². The maximum atomic E-state index is 5.90. The first-order valence-electron chi connectivity index (χ1n) is 5.24. The summed E-state index contributed by atoms with van der Waals surface area (Å²) >= 11 is 5.90. The van der Waals surface area contributed by atoms with Crippen molar-refractivity contribution >= 4 is 11.6 Å². The van der Waals surface area contributed by atoms with Gasteiger partial charge in [0.25, 0.3) is 0 Å². The molecule has 0 fully saturated rings. The summed E-state index contributed by atoms with van der Waals surface area (Å²) in [5.41, 5.74) is 0.894. The van der Waals surface area contributed by atoms with Gasteiger partial charge in [-0.25, -0.2) is 4.98 Å². The number of nitrogens with zero attached hydrogens (tertiary/aromatic N) is 1. The molecule has 5 heteroatoms. The Morgan fingerprint density at radius 1 is 1.29 bits per heavy atom. The predicted octanol–water partition coefficient (Wildman–Crippen LogP) is 3.37. The fraction of sp³-hybridized carbons (Fsp3) is 0.250. The highest BCUT2D eigenvalue weighted by Gasteiger charge is 2.16. The standard InChI is InChI=1S/C12H10ClNO3/c1-7(13)12-14-5-11(17-12)8-2-3-9-10(4-8)16-6-15-9/h2-5,7H,6H2,1H3. The molecule has 0 spiro atoms. The monoisotopic (exact) mass is 251 g/mol. The Morgan fingerprint density at radius 3 is 2.88 bits per heavy atom. The van der Waals surface area contributed by atoms with Crippen molar-refractivity contribution in [3.63, 3.8) is 0 Å². The van der Waals surface area contributed by atoms with Gasteiger partial charge in [0.2, 0.25) is 12.7 Å². The summed E-state index contributed by atoms with van der Waals surface area (Å²) in [5, 5.41) is -0.238. The first kappa shape index (κ1) is 10.5. The molecule has 2 aromatic rings. The number of benzene rings is 1. The zero-order valence-electron chi connectivity index (χ0n) is 9.14. The largest absolute Gasteiger partial charge is 0.454 e. The van der Waals surface area contributed by atoms with Crippen LogP contribution in [0.4, 0.5) is 0 Å². The van der Waals surface area contributed by atoms with E-state index in [0.717, 1.165) is 17.1 Å². The van der Waals surface area contributed by atoms with E-state index in [1.165, 1.54) is 0 Å². The number of rotatable bonds is 2. The maximum absolute atomic E-state index is 5.90. The molecule has 0 amide bonds. The molecule has 17 heavy (non-hydrogen) atoms. The Labute approximate surface area is 103 Å². The quantitative estimate of drug-likeness (QED) is 0.768. The molecule has 1 aromatic heterocycles. The molecule has 3 rings (SSSR count). The van der Waals surface area contributed by atoms with Crippen molar-refractivity contribution < 1.29 is 13.9 Å². The lowest BCUT2D eigenvalue weighted by atomic mass is 10.1. The molecule has 88 valence electrons. The Hall–Kier alpha value is -1.68. The van der Waals surface area contributed by atoms with Crippen LogP contribution in [0.25, 0.3) is 11.3 Å². The Bertz CT molecular complexity index is 550. The minimum Gasteiger partial charge on any atom is -0.454 e. The minimum atomic E-state index is -0.238. The predicted molar refractivity (Wildman–Crippen MR) is 62.3 cm³/mol. The highest BCUT2D eigenvalue weighted by molar-refractivity contribution is 6.20. The van der Waals surface area contributed by atoms with E-state index < -0.39 is 0 Å². The van der Waals surface area contributed by atoms with Gasteiger partial charge in [-0.2, -0.15) is 0 Å². The molecule has 0 bridgehead atoms. The molecule has 1 aliphatic heterocycles. The van der Waals surface area contributed by atoms with Crippen LogP contribution >= 0.6 is 11.6 Å². The van der Waals surface area contributed by atoms with Crippen LogP contribution < -0.4 is 9.47 Å². The van der Waals surface area contributed by atoms with E-state index in [4.69, 9.17) is 25.5 Å². The molecular formula is C12H10ClNO3. The van der Waals surface area contributed by atoms with Crippen molar-refractivity contribution in [3.05, 3.63) is 30.3 Å². The molecule has 0 saturated carbocycles. The number of hydrogen-bond donors (Lipinski definition) is 0. The SMILES string of the molecule is CC(Cl)c1ncc(-c2ccc3c(c2)OCO3)o1. The molecule has 0 saturated heterocycles. The van der Waals surface area contributed by atoms with Crippen molar-refractivity contribution in [3.8, 4) is 22.8 Å². The Balaban J connectivity index is 1.97. The summed E-state index contributed by atoms with van der Waals surface area (Å²) in [6.45, 7) is 2.08. The number of aromatic nitrogens is 1. The van der Waals surface area contributed by atoms with Gasteiger partial charge in [-0.1, -0.05) is 0 Å². The molecular weight excluding hydrogens is 242 g/mol. The third-order valence-corrected chi connectivity index (χ3v) is 2.71. The number of hydrogen-bond acceptors (Lipinski definition) is 4. The third kappa shape index (κ3) is 1.85. The van der Waals surface area contributed by atoms with Gasteiger partial charge >= 0.3 is 0 Å². The van der Waals surface area contributed by atoms with Gasteiger partial charge in [0, 0.05) is 5.56 Å². The second kappa shape index (κ2) is 3.96. The van der Waals surface area contributed by atoms with Crippen LogP contribution in [0.1, 0.15) is 18.2 Å². The van der Waals surface area contributed by atoms with Gasteiger partial charge in [0.15, 0.2) is 17.3 Å². The highest BCUT2D eigenvalue weighted by atomic mass is 35.5. The van der Waals surface area contributed by atoms with Gasteiger partial charge in [0.05, 0.1) is 6.20 Å². The second-order valence-electron chi connectivity index (χ2n) is 3.75. The summed E-state index contributed by atoms with van der Waals surface area (Å²) in [5.74, 6) is 2.66. The molecule has 0 radical (unpaired) electrons. The van der Waals surface area contributed by atoms with Crippen molar-refractivity contribution in [1.82, 2.24) is 4.98 Å². The van der Waals surface area contributed by atoms with Gasteiger partial charge in [-0.15, -0.1) is 11.6 Å². The summed E-state index contributed by atoms with van der Waals surface area (Å²) in [7, 11) is 0. The summed E-state index contributed by atoms with van der Waals surface area (Å²) in [6, 6.07) is 5.62. The van der Waals surface area contributed by atoms with Crippen LogP contribution in [0, 0.1) is 0 Å². The zero-order chi connectivity index (χ0) is 11.8. The Morgan fingerprint density at radius 2 is 2.12 bits per heavy atom. The highest BCUT2D eigenvalue weighted by Crippen LogP contribution is 2.36. The molecule has 0 N–H and O–H groups in total. The molecule has 1 atom stereocenters. The van der Waals surface area contributed by atoms with Crippen LogP contribution in [0.15, 0.2) is 28.8 Å². The lowest BCUT2D eigenvalue weighted by Gasteiger charge is -1.99. The van der Waals surface area contributed by atoms with Crippen molar-refractivity contribution in [2.75, 3.05) is 6.79 Å². The topological polar surface area (TPSA) is 44.5 Å². The first-order chi connectivity index (χ1) is 8.24. The van der Waals surface area contributed by atoms with E-state index in [0.29, 0.717) is 11.7 Å². The summed E-state index contributed by atoms with van der Waals surface area (Å²) in [4.78, 5) is 4.11. The minimum absolute atomic E-state index is 0.238. The molecule has 1 aliphatic rings. The number of ether oxygens (including phenoxy) is 2. The Kier molecular flexibility index (Phi) is 2.44. The van der Waals surface area contributed by atoms with Crippen molar-refractivity contribution in [2.45, 2.75) is 12.3 Å². The lowest BCUT2D eigenvalue weighted by Crippen LogP contribution is -1.92. The summed E-state index contributed by atoms with van der Waals surface area (Å²) in [6.07, 6.45) is 1.66. The first-order valence-corrected chi connectivity index (χ1v) is 5.67. The van der Waals surface area contributed by atoms with E-state index >= 15 is 0 Å². The molecule has 2 heterocycles. The van der Waals surface area contributed by atoms with Crippen LogP contribution in [0.2, 0.25) is 0 Å². The summed E-state index contributed by atoms with van der Waals surface area (Å²) < 4.78 is 16.1. The number of fused-ring (bicyclic) bond motifs is 1. The van der Waals surface area contributed by atoms with E-state index in [9.17, 15) is 0 Å². The molecule has 0 aliphatic carbocycles. The number of alkyl halides is 1. The molecule has 1 unspecified atom stereocenters. The molecule has 1 aromatic carbocycles. The number of halogens is 1. The van der Waals surface area contributed by atoms with Gasteiger partial charge in [-0.3, -0.25) is 0 Å². The van der Waals surface area contributed by atoms with Crippen molar-refractivity contribution in [2.24, 2.45) is 0 Å². The zero-order valence-corrected chi connectivity index (χ0v) is 9.90. The second-order valence-corrected chi connectivity index (χ2v) is 4.40. The van der Waals surface area contributed by atoms with Crippen LogP contribution in [-0.4, -0.2) is 11.8 Å². The fourth-order valence-electron chi connectivity index (χ4n) is 1.65. The van der Waals surface area contributed by atoms with Crippen molar-refractivity contribution in [1.29, 1.82) is 0 Å². The average molecular weight is 252 g/mol. The lowest BCUT2D eigenvalue weighted by molar-refractivity contribution is 0.174. The van der Waals surface area contributed by atoms with Gasteiger partial charge in [0.1, 0.15) is 5.38 Å². The maximum Gasteiger partial charge on any atom is 0.231 e.